The Kier molecular flexibility index (Phi) is 9.17. The molecule has 0 aliphatic rings. The highest BCUT2D eigenvalue weighted by atomic mass is 35.5. The first-order valence-corrected chi connectivity index (χ1v) is 13.4. The van der Waals surface area contributed by atoms with Gasteiger partial charge < -0.3 is 10.2 Å². The van der Waals surface area contributed by atoms with E-state index in [9.17, 15) is 22.4 Å². The maximum Gasteiger partial charge on any atom is 0.264 e. The van der Waals surface area contributed by atoms with Crippen LogP contribution < -0.4 is 9.62 Å². The molecule has 37 heavy (non-hydrogen) atoms. The highest BCUT2D eigenvalue weighted by Gasteiger charge is 2.33. The fourth-order valence-electron chi connectivity index (χ4n) is 3.61. The van der Waals surface area contributed by atoms with Gasteiger partial charge in [0.1, 0.15) is 18.4 Å². The van der Waals surface area contributed by atoms with Crippen LogP contribution in [0, 0.1) is 12.7 Å². The SMILES string of the molecule is CNC(=O)C(C)N(Cc1ccc(F)cc1)C(=O)CN(c1cc(Cl)ccc1Cl)S(=O)(=O)c1ccc(C)cc1. The lowest BCUT2D eigenvalue weighted by Gasteiger charge is -2.32. The van der Waals surface area contributed by atoms with E-state index in [4.69, 9.17) is 23.2 Å². The zero-order valence-electron chi connectivity index (χ0n) is 20.4. The monoisotopic (exact) mass is 565 g/mol. The van der Waals surface area contributed by atoms with Gasteiger partial charge in [-0.05, 0) is 61.9 Å². The summed E-state index contributed by atoms with van der Waals surface area (Å²) in [5.74, 6) is -1.58. The molecule has 0 heterocycles. The van der Waals surface area contributed by atoms with Crippen LogP contribution in [-0.2, 0) is 26.2 Å². The minimum atomic E-state index is -4.28. The summed E-state index contributed by atoms with van der Waals surface area (Å²) in [6, 6.07) is 14.9. The molecule has 3 aromatic carbocycles. The van der Waals surface area contributed by atoms with Crippen LogP contribution in [0.5, 0.6) is 0 Å². The number of hydrogen-bond acceptors (Lipinski definition) is 4. The summed E-state index contributed by atoms with van der Waals surface area (Å²) in [5, 5.41) is 2.78. The van der Waals surface area contributed by atoms with Gasteiger partial charge in [0.2, 0.25) is 11.8 Å². The topological polar surface area (TPSA) is 86.8 Å². The molecule has 0 fully saturated rings. The maximum absolute atomic E-state index is 13.8. The summed E-state index contributed by atoms with van der Waals surface area (Å²) >= 11 is 12.5. The van der Waals surface area contributed by atoms with E-state index in [0.29, 0.717) is 5.56 Å². The Labute approximate surface area is 225 Å². The molecular weight excluding hydrogens is 540 g/mol. The van der Waals surface area contributed by atoms with Gasteiger partial charge in [0.05, 0.1) is 15.6 Å². The predicted octanol–water partition coefficient (Wildman–Crippen LogP) is 4.80. The average Bonchev–Trinajstić information content (AvgIpc) is 2.87. The van der Waals surface area contributed by atoms with Crippen molar-refractivity contribution in [2.75, 3.05) is 17.9 Å². The fraction of sp³-hybridized carbons (Fsp3) is 0.231. The van der Waals surface area contributed by atoms with Crippen molar-refractivity contribution in [2.24, 2.45) is 0 Å². The van der Waals surface area contributed by atoms with Gasteiger partial charge in [-0.25, -0.2) is 12.8 Å². The van der Waals surface area contributed by atoms with Crippen LogP contribution in [0.1, 0.15) is 18.1 Å². The molecule has 1 N–H and O–H groups in total. The van der Waals surface area contributed by atoms with Crippen molar-refractivity contribution in [3.63, 3.8) is 0 Å². The number of carbonyl (C=O) groups excluding carboxylic acids is 2. The molecule has 0 bridgehead atoms. The molecule has 1 unspecified atom stereocenters. The summed E-state index contributed by atoms with van der Waals surface area (Å²) in [4.78, 5) is 27.3. The van der Waals surface area contributed by atoms with E-state index in [1.807, 2.05) is 6.92 Å². The lowest BCUT2D eigenvalue weighted by atomic mass is 10.1. The number of rotatable bonds is 9. The van der Waals surface area contributed by atoms with Gasteiger partial charge in [0.15, 0.2) is 0 Å². The Morgan fingerprint density at radius 2 is 1.62 bits per heavy atom. The lowest BCUT2D eigenvalue weighted by molar-refractivity contribution is -0.139. The van der Waals surface area contributed by atoms with E-state index in [0.717, 1.165) is 9.87 Å². The van der Waals surface area contributed by atoms with Crippen LogP contribution in [0.4, 0.5) is 10.1 Å². The molecule has 2 amide bonds. The van der Waals surface area contributed by atoms with E-state index >= 15 is 0 Å². The molecule has 0 aliphatic heterocycles. The number of benzene rings is 3. The predicted molar refractivity (Wildman–Crippen MR) is 143 cm³/mol. The Morgan fingerprint density at radius 3 is 2.22 bits per heavy atom. The van der Waals surface area contributed by atoms with Gasteiger partial charge in [-0.1, -0.05) is 53.0 Å². The normalized spacial score (nSPS) is 12.1. The molecule has 0 radical (unpaired) electrons. The second-order valence-corrected chi connectivity index (χ2v) is 11.1. The van der Waals surface area contributed by atoms with Crippen molar-refractivity contribution in [3.05, 3.63) is 93.7 Å². The second-order valence-electron chi connectivity index (χ2n) is 8.36. The van der Waals surface area contributed by atoms with Crippen molar-refractivity contribution >= 4 is 50.7 Å². The van der Waals surface area contributed by atoms with E-state index in [2.05, 4.69) is 5.32 Å². The maximum atomic E-state index is 13.8. The zero-order chi connectivity index (χ0) is 27.3. The Balaban J connectivity index is 2.07. The van der Waals surface area contributed by atoms with Crippen LogP contribution in [0.3, 0.4) is 0 Å². The minimum absolute atomic E-state index is 0.0115. The molecule has 196 valence electrons. The summed E-state index contributed by atoms with van der Waals surface area (Å²) in [7, 11) is -2.85. The van der Waals surface area contributed by atoms with E-state index in [-0.39, 0.29) is 27.2 Å². The molecule has 0 aliphatic carbocycles. The molecule has 7 nitrogen and oxygen atoms in total. The zero-order valence-corrected chi connectivity index (χ0v) is 22.7. The number of nitrogens with zero attached hydrogens (tertiary/aromatic N) is 2. The van der Waals surface area contributed by atoms with Gasteiger partial charge in [-0.2, -0.15) is 0 Å². The molecule has 11 heteroatoms. The van der Waals surface area contributed by atoms with Crippen molar-refractivity contribution in [2.45, 2.75) is 31.3 Å². The Hall–Kier alpha value is -3.14. The molecule has 3 rings (SSSR count). The Morgan fingerprint density at radius 1 is 1.00 bits per heavy atom. The largest absolute Gasteiger partial charge is 0.357 e. The summed E-state index contributed by atoms with van der Waals surface area (Å²) < 4.78 is 41.8. The summed E-state index contributed by atoms with van der Waals surface area (Å²) in [5.41, 5.74) is 1.42. The number of aryl methyl sites for hydroxylation is 1. The van der Waals surface area contributed by atoms with Crippen LogP contribution in [0.15, 0.2) is 71.6 Å². The Bertz CT molecular complexity index is 1380. The van der Waals surface area contributed by atoms with Gasteiger partial charge in [-0.15, -0.1) is 0 Å². The lowest BCUT2D eigenvalue weighted by Crippen LogP contribution is -2.50. The van der Waals surface area contributed by atoms with Crippen LogP contribution in [0.25, 0.3) is 0 Å². The summed E-state index contributed by atoms with van der Waals surface area (Å²) in [6.45, 7) is 2.61. The van der Waals surface area contributed by atoms with Crippen LogP contribution in [-0.4, -0.2) is 44.8 Å². The molecule has 0 saturated heterocycles. The number of nitrogens with one attached hydrogen (secondary N) is 1. The second kappa shape index (κ2) is 11.9. The standard InChI is InChI=1S/C26H26Cl2FN3O4S/c1-17-4-11-22(12-5-17)37(35,36)32(24-14-20(27)8-13-23(24)28)16-25(33)31(18(2)26(34)30-3)15-19-6-9-21(29)10-7-19/h4-14,18H,15-16H2,1-3H3,(H,30,34). The van der Waals surface area contributed by atoms with Gasteiger partial charge in [0.25, 0.3) is 10.0 Å². The fourth-order valence-corrected chi connectivity index (χ4v) is 5.47. The number of amides is 2. The molecule has 3 aromatic rings. The summed E-state index contributed by atoms with van der Waals surface area (Å²) in [6.07, 6.45) is 0. The number of likely N-dealkylation sites (N-methyl/N-ethyl adjacent to an activating group) is 1. The third-order valence-corrected chi connectivity index (χ3v) is 8.07. The van der Waals surface area contributed by atoms with Crippen molar-refractivity contribution in [1.82, 2.24) is 10.2 Å². The van der Waals surface area contributed by atoms with E-state index in [1.54, 1.807) is 12.1 Å². The van der Waals surface area contributed by atoms with Crippen LogP contribution >= 0.6 is 23.2 Å². The third kappa shape index (κ3) is 6.80. The molecule has 0 spiro atoms. The van der Waals surface area contributed by atoms with Crippen LogP contribution in [0.2, 0.25) is 10.0 Å². The number of anilines is 1. The number of halogens is 3. The minimum Gasteiger partial charge on any atom is -0.357 e. The average molecular weight is 566 g/mol. The first-order valence-electron chi connectivity index (χ1n) is 11.2. The number of hydrogen-bond donors (Lipinski definition) is 1. The van der Waals surface area contributed by atoms with Gasteiger partial charge in [0, 0.05) is 18.6 Å². The van der Waals surface area contributed by atoms with Gasteiger partial charge in [-0.3, -0.25) is 13.9 Å². The van der Waals surface area contributed by atoms with Crippen molar-refractivity contribution < 1.29 is 22.4 Å². The number of carbonyl (C=O) groups is 2. The molecular formula is C26H26Cl2FN3O4S. The highest BCUT2D eigenvalue weighted by Crippen LogP contribution is 2.33. The third-order valence-electron chi connectivity index (χ3n) is 5.74. The molecule has 0 aromatic heterocycles. The highest BCUT2D eigenvalue weighted by molar-refractivity contribution is 7.92. The smallest absolute Gasteiger partial charge is 0.264 e. The number of sulfonamides is 1. The first kappa shape index (κ1) is 28.4. The van der Waals surface area contributed by atoms with E-state index < -0.39 is 40.2 Å². The molecule has 1 atom stereocenters. The van der Waals surface area contributed by atoms with Gasteiger partial charge >= 0.3 is 0 Å². The molecule has 0 saturated carbocycles. The van der Waals surface area contributed by atoms with Crippen molar-refractivity contribution in [3.8, 4) is 0 Å². The van der Waals surface area contributed by atoms with E-state index in [1.165, 1.54) is 73.5 Å². The quantitative estimate of drug-likeness (QED) is 0.403. The van der Waals surface area contributed by atoms with Crippen molar-refractivity contribution in [1.29, 1.82) is 0 Å². The first-order chi connectivity index (χ1) is 17.4.